The Hall–Kier alpha value is -2.77. The van der Waals surface area contributed by atoms with E-state index < -0.39 is 0 Å². The van der Waals surface area contributed by atoms with E-state index in [1.165, 1.54) is 12.1 Å². The Labute approximate surface area is 182 Å². The molecule has 2 saturated heterocycles. The first-order valence-electron chi connectivity index (χ1n) is 10.9. The molecule has 2 aromatic rings. The van der Waals surface area contributed by atoms with Crippen molar-refractivity contribution in [3.63, 3.8) is 0 Å². The minimum Gasteiger partial charge on any atom is -0.356 e. The Morgan fingerprint density at radius 3 is 2.61 bits per heavy atom. The summed E-state index contributed by atoms with van der Waals surface area (Å²) in [4.78, 5) is 24.5. The Balaban J connectivity index is 1.30. The lowest BCUT2D eigenvalue weighted by atomic mass is 9.85. The molecule has 0 radical (unpaired) electrons. The lowest BCUT2D eigenvalue weighted by Gasteiger charge is -2.29. The summed E-state index contributed by atoms with van der Waals surface area (Å²) in [5, 5.41) is 6.18. The maximum Gasteiger partial charge on any atom is 0.220 e. The fourth-order valence-corrected chi connectivity index (χ4v) is 4.61. The standard InChI is InChI=1S/C24H29FN4O2/c25-20-8-6-18(7-9-20)23-19(16-27-29-23)15-26-21(30)10-12-24(13-11-22(31)28-24)14-17-4-2-1-3-5-17/h1-9,19,23,27,29H,10-16H2,(H,26,30)(H,28,31). The van der Waals surface area contributed by atoms with Gasteiger partial charge in [0.05, 0.1) is 6.04 Å². The zero-order valence-corrected chi connectivity index (χ0v) is 17.5. The third-order valence-electron chi connectivity index (χ3n) is 6.33. The van der Waals surface area contributed by atoms with Crippen LogP contribution in [-0.4, -0.2) is 30.4 Å². The molecule has 0 spiro atoms. The maximum atomic E-state index is 13.2. The number of hydrogen-bond acceptors (Lipinski definition) is 4. The SMILES string of the molecule is O=C(CCC1(Cc2ccccc2)CCC(=O)N1)NCC1CNNC1c1ccc(F)cc1. The van der Waals surface area contributed by atoms with Crippen molar-refractivity contribution in [1.29, 1.82) is 0 Å². The van der Waals surface area contributed by atoms with Crippen molar-refractivity contribution in [2.24, 2.45) is 5.92 Å². The van der Waals surface area contributed by atoms with Gasteiger partial charge in [-0.05, 0) is 42.5 Å². The fourth-order valence-electron chi connectivity index (χ4n) is 4.61. The summed E-state index contributed by atoms with van der Waals surface area (Å²) in [6.45, 7) is 1.25. The molecule has 0 aromatic heterocycles. The molecule has 0 bridgehead atoms. The minimum absolute atomic E-state index is 0.0134. The molecule has 3 unspecified atom stereocenters. The van der Waals surface area contributed by atoms with Gasteiger partial charge in [-0.3, -0.25) is 15.0 Å². The number of rotatable bonds is 8. The largest absolute Gasteiger partial charge is 0.356 e. The van der Waals surface area contributed by atoms with Crippen molar-refractivity contribution in [2.45, 2.75) is 43.7 Å². The first-order chi connectivity index (χ1) is 15.0. The van der Waals surface area contributed by atoms with Crippen molar-refractivity contribution < 1.29 is 14.0 Å². The molecular formula is C24H29FN4O2. The Bertz CT molecular complexity index is 906. The van der Waals surface area contributed by atoms with Gasteiger partial charge in [0.15, 0.2) is 0 Å². The molecule has 7 heteroatoms. The highest BCUT2D eigenvalue weighted by Crippen LogP contribution is 2.30. The van der Waals surface area contributed by atoms with Gasteiger partial charge in [-0.25, -0.2) is 9.82 Å². The molecule has 164 valence electrons. The van der Waals surface area contributed by atoms with Crippen LogP contribution in [0.1, 0.15) is 42.9 Å². The van der Waals surface area contributed by atoms with E-state index in [-0.39, 0.29) is 35.1 Å². The van der Waals surface area contributed by atoms with Crippen LogP contribution in [0.25, 0.3) is 0 Å². The van der Waals surface area contributed by atoms with Gasteiger partial charge in [0.1, 0.15) is 5.82 Å². The normalized spacial score (nSPS) is 25.4. The molecule has 0 aliphatic carbocycles. The summed E-state index contributed by atoms with van der Waals surface area (Å²) in [5.74, 6) is -0.0539. The van der Waals surface area contributed by atoms with Crippen LogP contribution in [0.5, 0.6) is 0 Å². The molecule has 2 fully saturated rings. The number of nitrogens with one attached hydrogen (secondary N) is 4. The topological polar surface area (TPSA) is 82.3 Å². The van der Waals surface area contributed by atoms with Crippen LogP contribution < -0.4 is 21.5 Å². The molecule has 2 aliphatic heterocycles. The van der Waals surface area contributed by atoms with Gasteiger partial charge in [0, 0.05) is 37.4 Å². The molecule has 0 saturated carbocycles. The first-order valence-corrected chi connectivity index (χ1v) is 10.9. The highest BCUT2D eigenvalue weighted by Gasteiger charge is 2.38. The molecule has 2 heterocycles. The summed E-state index contributed by atoms with van der Waals surface area (Å²) in [6.07, 6.45) is 2.96. The van der Waals surface area contributed by atoms with E-state index in [4.69, 9.17) is 0 Å². The van der Waals surface area contributed by atoms with Gasteiger partial charge >= 0.3 is 0 Å². The Morgan fingerprint density at radius 1 is 1.13 bits per heavy atom. The second-order valence-electron chi connectivity index (χ2n) is 8.61. The maximum absolute atomic E-state index is 13.2. The number of amides is 2. The summed E-state index contributed by atoms with van der Waals surface area (Å²) < 4.78 is 13.2. The predicted octanol–water partition coefficient (Wildman–Crippen LogP) is 2.38. The van der Waals surface area contributed by atoms with Gasteiger partial charge in [-0.15, -0.1) is 0 Å². The average molecular weight is 425 g/mol. The monoisotopic (exact) mass is 424 g/mol. The van der Waals surface area contributed by atoms with E-state index >= 15 is 0 Å². The van der Waals surface area contributed by atoms with Crippen molar-refractivity contribution in [3.8, 4) is 0 Å². The smallest absolute Gasteiger partial charge is 0.220 e. The number of hydrazine groups is 1. The van der Waals surface area contributed by atoms with Crippen LogP contribution in [0.2, 0.25) is 0 Å². The second-order valence-corrected chi connectivity index (χ2v) is 8.61. The number of hydrogen-bond donors (Lipinski definition) is 4. The number of carbonyl (C=O) groups is 2. The number of carbonyl (C=O) groups excluding carboxylic acids is 2. The van der Waals surface area contributed by atoms with E-state index in [1.807, 2.05) is 18.2 Å². The lowest BCUT2D eigenvalue weighted by Crippen LogP contribution is -2.44. The molecule has 4 N–H and O–H groups in total. The zero-order valence-electron chi connectivity index (χ0n) is 17.5. The van der Waals surface area contributed by atoms with Crippen molar-refractivity contribution in [1.82, 2.24) is 21.5 Å². The fraction of sp³-hybridized carbons (Fsp3) is 0.417. The van der Waals surface area contributed by atoms with E-state index in [2.05, 4.69) is 33.6 Å². The van der Waals surface area contributed by atoms with Gasteiger partial charge in [0.25, 0.3) is 0 Å². The molecule has 6 nitrogen and oxygen atoms in total. The van der Waals surface area contributed by atoms with E-state index in [0.29, 0.717) is 25.8 Å². The molecular weight excluding hydrogens is 395 g/mol. The van der Waals surface area contributed by atoms with Gasteiger partial charge in [0.2, 0.25) is 11.8 Å². The van der Waals surface area contributed by atoms with Gasteiger partial charge in [-0.1, -0.05) is 42.5 Å². The van der Waals surface area contributed by atoms with Crippen LogP contribution >= 0.6 is 0 Å². The summed E-state index contributed by atoms with van der Waals surface area (Å²) in [6, 6.07) is 16.5. The quantitative estimate of drug-likeness (QED) is 0.525. The average Bonchev–Trinajstić information content (AvgIpc) is 3.39. The van der Waals surface area contributed by atoms with Crippen LogP contribution in [0.3, 0.4) is 0 Å². The number of halogens is 1. The van der Waals surface area contributed by atoms with Crippen molar-refractivity contribution in [3.05, 3.63) is 71.5 Å². The molecule has 3 atom stereocenters. The van der Waals surface area contributed by atoms with Crippen LogP contribution in [0.15, 0.2) is 54.6 Å². The Kier molecular flexibility index (Phi) is 6.63. The molecule has 2 aromatic carbocycles. The zero-order chi connectivity index (χ0) is 21.7. The summed E-state index contributed by atoms with van der Waals surface area (Å²) in [5.41, 5.74) is 8.13. The minimum atomic E-state index is -0.358. The summed E-state index contributed by atoms with van der Waals surface area (Å²) in [7, 11) is 0. The first kappa shape index (κ1) is 21.5. The van der Waals surface area contributed by atoms with E-state index in [9.17, 15) is 14.0 Å². The molecule has 31 heavy (non-hydrogen) atoms. The van der Waals surface area contributed by atoms with Gasteiger partial charge < -0.3 is 10.6 Å². The lowest BCUT2D eigenvalue weighted by molar-refractivity contribution is -0.122. The predicted molar refractivity (Wildman–Crippen MR) is 116 cm³/mol. The molecule has 2 amide bonds. The number of benzene rings is 2. The van der Waals surface area contributed by atoms with Crippen molar-refractivity contribution in [2.75, 3.05) is 13.1 Å². The third-order valence-corrected chi connectivity index (χ3v) is 6.33. The van der Waals surface area contributed by atoms with Gasteiger partial charge in [-0.2, -0.15) is 0 Å². The highest BCUT2D eigenvalue weighted by molar-refractivity contribution is 5.80. The highest BCUT2D eigenvalue weighted by atomic mass is 19.1. The summed E-state index contributed by atoms with van der Waals surface area (Å²) >= 11 is 0. The van der Waals surface area contributed by atoms with E-state index in [1.54, 1.807) is 12.1 Å². The van der Waals surface area contributed by atoms with E-state index in [0.717, 1.165) is 30.5 Å². The second kappa shape index (κ2) is 9.58. The molecule has 4 rings (SSSR count). The van der Waals surface area contributed by atoms with Crippen LogP contribution in [0.4, 0.5) is 4.39 Å². The van der Waals surface area contributed by atoms with Crippen LogP contribution in [0, 0.1) is 11.7 Å². The van der Waals surface area contributed by atoms with Crippen LogP contribution in [-0.2, 0) is 16.0 Å². The third kappa shape index (κ3) is 5.48. The molecule has 2 aliphatic rings. The van der Waals surface area contributed by atoms with Crippen molar-refractivity contribution >= 4 is 11.8 Å². The Morgan fingerprint density at radius 2 is 1.90 bits per heavy atom.